The second-order valence-electron chi connectivity index (χ2n) is 5.46. The molecule has 1 aromatic carbocycles. The fourth-order valence-corrected chi connectivity index (χ4v) is 2.38. The molecule has 0 bridgehead atoms. The van der Waals surface area contributed by atoms with Crippen molar-refractivity contribution in [2.75, 3.05) is 13.6 Å². The number of hydrogen-bond donors (Lipinski definition) is 1. The van der Waals surface area contributed by atoms with Crippen molar-refractivity contribution in [3.8, 4) is 0 Å². The zero-order valence-electron chi connectivity index (χ0n) is 12.6. The van der Waals surface area contributed by atoms with Gasteiger partial charge in [-0.25, -0.2) is 0 Å². The van der Waals surface area contributed by atoms with Crippen molar-refractivity contribution in [3.63, 3.8) is 0 Å². The third-order valence-corrected chi connectivity index (χ3v) is 4.05. The van der Waals surface area contributed by atoms with Gasteiger partial charge < -0.3 is 10.6 Å². The van der Waals surface area contributed by atoms with Gasteiger partial charge in [0.15, 0.2) is 0 Å². The summed E-state index contributed by atoms with van der Waals surface area (Å²) in [5, 5.41) is 0.701. The maximum absolute atomic E-state index is 12.2. The van der Waals surface area contributed by atoms with Gasteiger partial charge in [-0.05, 0) is 49.9 Å². The summed E-state index contributed by atoms with van der Waals surface area (Å²) >= 11 is 6.00. The largest absolute Gasteiger partial charge is 0.339 e. The van der Waals surface area contributed by atoms with Crippen LogP contribution in [0.5, 0.6) is 0 Å². The molecule has 0 heterocycles. The van der Waals surface area contributed by atoms with Gasteiger partial charge >= 0.3 is 0 Å². The first-order chi connectivity index (χ1) is 9.45. The molecule has 0 saturated heterocycles. The first-order valence-corrected chi connectivity index (χ1v) is 7.54. The predicted molar refractivity (Wildman–Crippen MR) is 84.7 cm³/mol. The molecule has 2 N–H and O–H groups in total. The fraction of sp³-hybridized carbons (Fsp3) is 0.562. The molecule has 0 aliphatic heterocycles. The molecule has 0 spiro atoms. The fourth-order valence-electron chi connectivity index (χ4n) is 2.18. The topological polar surface area (TPSA) is 46.3 Å². The van der Waals surface area contributed by atoms with Gasteiger partial charge in [-0.3, -0.25) is 4.79 Å². The van der Waals surface area contributed by atoms with E-state index in [1.807, 2.05) is 38.2 Å². The van der Waals surface area contributed by atoms with Crippen molar-refractivity contribution < 1.29 is 4.79 Å². The predicted octanol–water partition coefficient (Wildman–Crippen LogP) is 3.62. The average Bonchev–Trinajstić information content (AvgIpc) is 2.43. The number of nitrogens with zero attached hydrogens (tertiary/aromatic N) is 1. The molecule has 3 nitrogen and oxygen atoms in total. The van der Waals surface area contributed by atoms with Gasteiger partial charge in [0, 0.05) is 18.5 Å². The smallest absolute Gasteiger partial charge is 0.222 e. The average molecular weight is 297 g/mol. The van der Waals surface area contributed by atoms with E-state index in [-0.39, 0.29) is 11.9 Å². The summed E-state index contributed by atoms with van der Waals surface area (Å²) in [5.74, 6) is 0.667. The lowest BCUT2D eigenvalue weighted by Crippen LogP contribution is -2.29. The summed E-state index contributed by atoms with van der Waals surface area (Å²) in [7, 11) is 1.85. The van der Waals surface area contributed by atoms with Gasteiger partial charge in [-0.1, -0.05) is 30.7 Å². The maximum Gasteiger partial charge on any atom is 0.222 e. The third-order valence-electron chi connectivity index (χ3n) is 3.82. The van der Waals surface area contributed by atoms with Crippen molar-refractivity contribution in [2.24, 2.45) is 11.7 Å². The van der Waals surface area contributed by atoms with Gasteiger partial charge in [0.1, 0.15) is 0 Å². The molecule has 0 aliphatic carbocycles. The van der Waals surface area contributed by atoms with Crippen molar-refractivity contribution in [1.82, 2.24) is 4.90 Å². The Balaban J connectivity index is 2.55. The van der Waals surface area contributed by atoms with Crippen molar-refractivity contribution in [3.05, 3.63) is 34.9 Å². The lowest BCUT2D eigenvalue weighted by atomic mass is 10.0. The summed E-state index contributed by atoms with van der Waals surface area (Å²) in [5.41, 5.74) is 6.58. The lowest BCUT2D eigenvalue weighted by molar-refractivity contribution is -0.132. The number of halogens is 1. The minimum absolute atomic E-state index is 0.0333. The van der Waals surface area contributed by atoms with Crippen LogP contribution in [0.15, 0.2) is 24.3 Å². The molecule has 2 unspecified atom stereocenters. The van der Waals surface area contributed by atoms with Gasteiger partial charge in [-0.2, -0.15) is 0 Å². The molecule has 0 aromatic heterocycles. The molecule has 20 heavy (non-hydrogen) atoms. The Hall–Kier alpha value is -1.06. The van der Waals surface area contributed by atoms with E-state index in [1.54, 1.807) is 4.90 Å². The molecule has 1 rings (SSSR count). The standard InChI is InChI=1S/C16H25ClN2O/c1-12(9-10-18)7-8-16(20)19(3)13(2)14-5-4-6-15(17)11-14/h4-6,11-13H,7-10,18H2,1-3H3. The van der Waals surface area contributed by atoms with Crippen molar-refractivity contribution in [2.45, 2.75) is 39.2 Å². The zero-order chi connectivity index (χ0) is 15.1. The van der Waals surface area contributed by atoms with E-state index in [0.29, 0.717) is 23.9 Å². The summed E-state index contributed by atoms with van der Waals surface area (Å²) in [4.78, 5) is 14.0. The van der Waals surface area contributed by atoms with E-state index in [1.165, 1.54) is 0 Å². The van der Waals surface area contributed by atoms with Crippen LogP contribution < -0.4 is 5.73 Å². The monoisotopic (exact) mass is 296 g/mol. The zero-order valence-corrected chi connectivity index (χ0v) is 13.4. The van der Waals surface area contributed by atoms with Crippen LogP contribution >= 0.6 is 11.6 Å². The number of carbonyl (C=O) groups is 1. The SMILES string of the molecule is CC(CCN)CCC(=O)N(C)C(C)c1cccc(Cl)c1. The van der Waals surface area contributed by atoms with Crippen LogP contribution in [0.2, 0.25) is 5.02 Å². The van der Waals surface area contributed by atoms with Crippen LogP contribution in [0.4, 0.5) is 0 Å². The Labute approximate surface area is 127 Å². The molecule has 1 amide bonds. The molecule has 0 saturated carbocycles. The Morgan fingerprint density at radius 3 is 2.65 bits per heavy atom. The maximum atomic E-state index is 12.2. The van der Waals surface area contributed by atoms with E-state index in [2.05, 4.69) is 6.92 Å². The molecular formula is C16H25ClN2O. The van der Waals surface area contributed by atoms with Crippen molar-refractivity contribution >= 4 is 17.5 Å². The summed E-state index contributed by atoms with van der Waals surface area (Å²) in [6, 6.07) is 7.69. The highest BCUT2D eigenvalue weighted by Crippen LogP contribution is 2.23. The molecular weight excluding hydrogens is 272 g/mol. The van der Waals surface area contributed by atoms with E-state index in [0.717, 1.165) is 18.4 Å². The van der Waals surface area contributed by atoms with Crippen LogP contribution in [-0.2, 0) is 4.79 Å². The highest BCUT2D eigenvalue weighted by atomic mass is 35.5. The summed E-state index contributed by atoms with van der Waals surface area (Å²) in [6.45, 7) is 4.84. The first kappa shape index (κ1) is 17.0. The quantitative estimate of drug-likeness (QED) is 0.835. The van der Waals surface area contributed by atoms with Crippen LogP contribution in [0, 0.1) is 5.92 Å². The Kier molecular flexibility index (Phi) is 7.03. The molecule has 2 atom stereocenters. The van der Waals surface area contributed by atoms with Crippen LogP contribution in [0.1, 0.15) is 44.7 Å². The number of hydrogen-bond acceptors (Lipinski definition) is 2. The second kappa shape index (κ2) is 8.28. The van der Waals surface area contributed by atoms with Crippen LogP contribution in [0.25, 0.3) is 0 Å². The van der Waals surface area contributed by atoms with E-state index in [9.17, 15) is 4.79 Å². The second-order valence-corrected chi connectivity index (χ2v) is 5.89. The number of carbonyl (C=O) groups excluding carboxylic acids is 1. The molecule has 112 valence electrons. The van der Waals surface area contributed by atoms with Gasteiger partial charge in [0.05, 0.1) is 6.04 Å². The minimum atomic E-state index is 0.0333. The van der Waals surface area contributed by atoms with E-state index in [4.69, 9.17) is 17.3 Å². The Morgan fingerprint density at radius 1 is 1.35 bits per heavy atom. The van der Waals surface area contributed by atoms with E-state index >= 15 is 0 Å². The summed E-state index contributed by atoms with van der Waals surface area (Å²) < 4.78 is 0. The Bertz CT molecular complexity index is 436. The molecule has 0 radical (unpaired) electrons. The van der Waals surface area contributed by atoms with Gasteiger partial charge in [0.2, 0.25) is 5.91 Å². The molecule has 1 aromatic rings. The van der Waals surface area contributed by atoms with Gasteiger partial charge in [-0.15, -0.1) is 0 Å². The van der Waals surface area contributed by atoms with E-state index < -0.39 is 0 Å². The molecule has 0 aliphatic rings. The molecule has 4 heteroatoms. The minimum Gasteiger partial charge on any atom is -0.339 e. The highest BCUT2D eigenvalue weighted by molar-refractivity contribution is 6.30. The Morgan fingerprint density at radius 2 is 2.05 bits per heavy atom. The third kappa shape index (κ3) is 5.14. The van der Waals surface area contributed by atoms with Crippen molar-refractivity contribution in [1.29, 1.82) is 0 Å². The summed E-state index contributed by atoms with van der Waals surface area (Å²) in [6.07, 6.45) is 2.44. The number of nitrogens with two attached hydrogens (primary N) is 1. The van der Waals surface area contributed by atoms with Crippen LogP contribution in [0.3, 0.4) is 0 Å². The molecule has 0 fully saturated rings. The lowest BCUT2D eigenvalue weighted by Gasteiger charge is -2.26. The number of benzene rings is 1. The first-order valence-electron chi connectivity index (χ1n) is 7.17. The number of amides is 1. The normalized spacial score (nSPS) is 13.8. The van der Waals surface area contributed by atoms with Crippen LogP contribution in [-0.4, -0.2) is 24.4 Å². The highest BCUT2D eigenvalue weighted by Gasteiger charge is 2.18. The van der Waals surface area contributed by atoms with Gasteiger partial charge in [0.25, 0.3) is 0 Å². The number of rotatable bonds is 7.